The lowest BCUT2D eigenvalue weighted by atomic mass is 10.0. The van der Waals surface area contributed by atoms with Crippen molar-refractivity contribution in [1.29, 1.82) is 0 Å². The molecule has 0 bridgehead atoms. The van der Waals surface area contributed by atoms with Crippen LogP contribution < -0.4 is 5.32 Å². The van der Waals surface area contributed by atoms with Crippen molar-refractivity contribution in [2.24, 2.45) is 0 Å². The fourth-order valence-corrected chi connectivity index (χ4v) is 1.86. The largest absolute Gasteiger partial charge is 0.393 e. The number of pyridine rings is 1. The van der Waals surface area contributed by atoms with E-state index >= 15 is 0 Å². The molecule has 0 unspecified atom stereocenters. The molecule has 0 aromatic carbocycles. The van der Waals surface area contributed by atoms with Gasteiger partial charge in [0.05, 0.1) is 18.1 Å². The topological polar surface area (TPSA) is 138 Å². The summed E-state index contributed by atoms with van der Waals surface area (Å²) in [5, 5.41) is 42.3. The zero-order valence-electron chi connectivity index (χ0n) is 9.76. The van der Waals surface area contributed by atoms with Crippen LogP contribution in [0.15, 0.2) is 18.3 Å². The van der Waals surface area contributed by atoms with Gasteiger partial charge >= 0.3 is 5.69 Å². The number of nitrogens with zero attached hydrogens (tertiary/aromatic N) is 2. The second kappa shape index (κ2) is 5.05. The van der Waals surface area contributed by atoms with Gasteiger partial charge in [0, 0.05) is 12.3 Å². The zero-order valence-corrected chi connectivity index (χ0v) is 9.76. The smallest absolute Gasteiger partial charge is 0.311 e. The van der Waals surface area contributed by atoms with Crippen LogP contribution in [0.3, 0.4) is 0 Å². The van der Waals surface area contributed by atoms with Crippen LogP contribution in [0.2, 0.25) is 0 Å². The van der Waals surface area contributed by atoms with E-state index in [0.717, 1.165) is 0 Å². The molecule has 0 spiro atoms. The van der Waals surface area contributed by atoms with Crippen molar-refractivity contribution in [3.05, 3.63) is 28.4 Å². The maximum Gasteiger partial charge on any atom is 0.311 e. The molecule has 2 rings (SSSR count). The van der Waals surface area contributed by atoms with Crippen LogP contribution in [0.1, 0.15) is 0 Å². The first-order valence-electron chi connectivity index (χ1n) is 5.49. The Kier molecular flexibility index (Phi) is 3.62. The van der Waals surface area contributed by atoms with E-state index in [2.05, 4.69) is 10.3 Å². The van der Waals surface area contributed by atoms with Crippen LogP contribution in [0.25, 0.3) is 0 Å². The molecular weight excluding hydrogens is 258 g/mol. The van der Waals surface area contributed by atoms with E-state index in [1.807, 2.05) is 0 Å². The first-order valence-corrected chi connectivity index (χ1v) is 5.49. The van der Waals surface area contributed by atoms with Crippen LogP contribution in [0, 0.1) is 10.1 Å². The number of aliphatic hydroxyl groups excluding tert-OH is 2. The number of anilines is 1. The summed E-state index contributed by atoms with van der Waals surface area (Å²) in [6, 6.07) is 2.58. The fourth-order valence-electron chi connectivity index (χ4n) is 1.86. The Labute approximate surface area is 107 Å². The van der Waals surface area contributed by atoms with E-state index < -0.39 is 29.5 Å². The highest BCUT2D eigenvalue weighted by Gasteiger charge is 2.51. The first kappa shape index (κ1) is 13.6. The van der Waals surface area contributed by atoms with Gasteiger partial charge in [-0.25, -0.2) is 4.98 Å². The van der Waals surface area contributed by atoms with Gasteiger partial charge in [0.15, 0.2) is 5.72 Å². The highest BCUT2D eigenvalue weighted by atomic mass is 16.6. The molecule has 1 fully saturated rings. The number of aromatic nitrogens is 1. The molecule has 4 N–H and O–H groups in total. The Morgan fingerprint density at radius 3 is 3.05 bits per heavy atom. The molecule has 104 valence electrons. The molecule has 1 aromatic heterocycles. The van der Waals surface area contributed by atoms with Crippen molar-refractivity contribution in [2.75, 3.05) is 18.5 Å². The second-order valence-corrected chi connectivity index (χ2v) is 4.10. The number of nitrogens with one attached hydrogen (secondary N) is 1. The number of rotatable bonds is 4. The summed E-state index contributed by atoms with van der Waals surface area (Å²) >= 11 is 0. The summed E-state index contributed by atoms with van der Waals surface area (Å²) in [4.78, 5) is 13.9. The summed E-state index contributed by atoms with van der Waals surface area (Å²) in [6.07, 6.45) is -1.15. The SMILES string of the molecule is O=[N+]([O-])c1cccnc1N[C@@]1(O)[C@@H](O)CO[C@@H]1CO. The van der Waals surface area contributed by atoms with Crippen molar-refractivity contribution < 1.29 is 25.0 Å². The van der Waals surface area contributed by atoms with E-state index in [4.69, 9.17) is 9.84 Å². The lowest BCUT2D eigenvalue weighted by Crippen LogP contribution is -2.55. The Hall–Kier alpha value is -1.81. The Balaban J connectivity index is 2.32. The van der Waals surface area contributed by atoms with Crippen molar-refractivity contribution in [3.8, 4) is 0 Å². The second-order valence-electron chi connectivity index (χ2n) is 4.10. The molecule has 1 aliphatic heterocycles. The molecule has 3 atom stereocenters. The molecule has 9 heteroatoms. The van der Waals surface area contributed by atoms with Crippen LogP contribution in [-0.2, 0) is 4.74 Å². The highest BCUT2D eigenvalue weighted by molar-refractivity contribution is 5.56. The summed E-state index contributed by atoms with van der Waals surface area (Å²) in [6.45, 7) is -0.753. The van der Waals surface area contributed by atoms with Gasteiger partial charge in [-0.15, -0.1) is 0 Å². The van der Waals surface area contributed by atoms with Crippen LogP contribution >= 0.6 is 0 Å². The van der Waals surface area contributed by atoms with E-state index in [1.165, 1.54) is 18.3 Å². The molecule has 0 saturated carbocycles. The minimum absolute atomic E-state index is 0.199. The molecule has 19 heavy (non-hydrogen) atoms. The van der Waals surface area contributed by atoms with Gasteiger partial charge in [-0.05, 0) is 6.07 Å². The highest BCUT2D eigenvalue weighted by Crippen LogP contribution is 2.30. The van der Waals surface area contributed by atoms with Gasteiger partial charge in [0.2, 0.25) is 5.82 Å². The van der Waals surface area contributed by atoms with Gasteiger partial charge < -0.3 is 25.4 Å². The summed E-state index contributed by atoms with van der Waals surface area (Å²) in [5.74, 6) is -0.210. The molecule has 1 aliphatic rings. The summed E-state index contributed by atoms with van der Waals surface area (Å²) in [5.41, 5.74) is -2.39. The van der Waals surface area contributed by atoms with Gasteiger partial charge in [0.1, 0.15) is 12.2 Å². The van der Waals surface area contributed by atoms with Gasteiger partial charge in [-0.2, -0.15) is 0 Å². The van der Waals surface area contributed by atoms with Crippen molar-refractivity contribution in [3.63, 3.8) is 0 Å². The maximum atomic E-state index is 10.8. The van der Waals surface area contributed by atoms with Gasteiger partial charge in [-0.1, -0.05) is 0 Å². The van der Waals surface area contributed by atoms with Crippen molar-refractivity contribution in [2.45, 2.75) is 17.9 Å². The van der Waals surface area contributed by atoms with Crippen LogP contribution in [0.5, 0.6) is 0 Å². The van der Waals surface area contributed by atoms with Crippen molar-refractivity contribution >= 4 is 11.5 Å². The Morgan fingerprint density at radius 1 is 1.68 bits per heavy atom. The number of aliphatic hydroxyl groups is 3. The first-order chi connectivity index (χ1) is 8.99. The number of hydrogen-bond acceptors (Lipinski definition) is 8. The zero-order chi connectivity index (χ0) is 14.0. The standard InChI is InChI=1S/C10H13N3O6/c14-4-8-10(16,7(15)5-19-8)12-9-6(13(17)18)2-1-3-11-9/h1-3,7-8,14-16H,4-5H2,(H,11,12)/t7-,8+,10+/m0/s1. The predicted molar refractivity (Wildman–Crippen MR) is 62.3 cm³/mol. The molecular formula is C10H13N3O6. The Bertz CT molecular complexity index is 484. The summed E-state index contributed by atoms with van der Waals surface area (Å²) in [7, 11) is 0. The molecule has 1 saturated heterocycles. The lowest BCUT2D eigenvalue weighted by molar-refractivity contribution is -0.384. The quantitative estimate of drug-likeness (QED) is 0.306. The summed E-state index contributed by atoms with van der Waals surface area (Å²) < 4.78 is 4.99. The van der Waals surface area contributed by atoms with Crippen LogP contribution in [0.4, 0.5) is 11.5 Å². The molecule has 9 nitrogen and oxygen atoms in total. The molecule has 2 heterocycles. The number of hydrogen-bond donors (Lipinski definition) is 4. The average Bonchev–Trinajstić information content (AvgIpc) is 2.65. The molecule has 0 radical (unpaired) electrons. The van der Waals surface area contributed by atoms with E-state index in [9.17, 15) is 20.3 Å². The maximum absolute atomic E-state index is 10.8. The molecule has 0 aliphatic carbocycles. The average molecular weight is 271 g/mol. The third-order valence-corrected chi connectivity index (χ3v) is 2.92. The van der Waals surface area contributed by atoms with Gasteiger partial charge in [0.25, 0.3) is 0 Å². The van der Waals surface area contributed by atoms with Crippen LogP contribution in [-0.4, -0.2) is 56.4 Å². The lowest BCUT2D eigenvalue weighted by Gasteiger charge is -2.30. The molecule has 0 amide bonds. The minimum Gasteiger partial charge on any atom is -0.393 e. The van der Waals surface area contributed by atoms with Gasteiger partial charge in [-0.3, -0.25) is 10.1 Å². The Morgan fingerprint density at radius 2 is 2.42 bits per heavy atom. The third kappa shape index (κ3) is 2.36. The predicted octanol–water partition coefficient (Wildman–Crippen LogP) is -1.16. The van der Waals surface area contributed by atoms with E-state index in [0.29, 0.717) is 0 Å². The van der Waals surface area contributed by atoms with Crippen molar-refractivity contribution in [1.82, 2.24) is 4.98 Å². The molecule has 1 aromatic rings. The number of nitro groups is 1. The van der Waals surface area contributed by atoms with E-state index in [1.54, 1.807) is 0 Å². The van der Waals surface area contributed by atoms with E-state index in [-0.39, 0.29) is 18.1 Å². The normalized spacial score (nSPS) is 30.3. The monoisotopic (exact) mass is 271 g/mol. The fraction of sp³-hybridized carbons (Fsp3) is 0.500. The third-order valence-electron chi connectivity index (χ3n) is 2.92. The number of ether oxygens (including phenoxy) is 1. The minimum atomic E-state index is -2.03.